The lowest BCUT2D eigenvalue weighted by Crippen LogP contribution is -2.55. The van der Waals surface area contributed by atoms with Crippen LogP contribution in [0.3, 0.4) is 0 Å². The molecule has 4 atom stereocenters. The van der Waals surface area contributed by atoms with Crippen LogP contribution in [-0.4, -0.2) is 72.7 Å². The average Bonchev–Trinajstić information content (AvgIpc) is 3.13. The monoisotopic (exact) mass is 406 g/mol. The molecule has 0 aromatic carbocycles. The Balaban J connectivity index is 1.70. The summed E-state index contributed by atoms with van der Waals surface area (Å²) < 4.78 is 35.5. The molecule has 3 N–H and O–H groups in total. The van der Waals surface area contributed by atoms with Gasteiger partial charge in [0.05, 0.1) is 6.04 Å². The van der Waals surface area contributed by atoms with E-state index in [1.54, 1.807) is 0 Å². The fourth-order valence-corrected chi connectivity index (χ4v) is 4.56. The Morgan fingerprint density at radius 1 is 1.33 bits per heavy atom. The van der Waals surface area contributed by atoms with E-state index in [1.807, 2.05) is 20.9 Å². The second-order valence-corrected chi connectivity index (χ2v) is 8.94. The second-order valence-electron chi connectivity index (χ2n) is 7.94. The van der Waals surface area contributed by atoms with Gasteiger partial charge in [-0.1, -0.05) is 13.8 Å². The average molecular weight is 406 g/mol. The van der Waals surface area contributed by atoms with Gasteiger partial charge in [0.2, 0.25) is 0 Å². The van der Waals surface area contributed by atoms with Crippen LogP contribution in [0.2, 0.25) is 0 Å². The lowest BCUT2D eigenvalue weighted by Gasteiger charge is -2.40. The maximum atomic E-state index is 12.7. The summed E-state index contributed by atoms with van der Waals surface area (Å²) in [6.07, 6.45) is 2.93. The number of hydrogen-bond acceptors (Lipinski definition) is 7. The van der Waals surface area contributed by atoms with E-state index >= 15 is 0 Å². The van der Waals surface area contributed by atoms with Gasteiger partial charge in [-0.2, -0.15) is 13.5 Å². The van der Waals surface area contributed by atoms with Crippen LogP contribution < -0.4 is 10.8 Å². The molecule has 2 heterocycles. The number of likely N-dealkylation sites (N-methyl/N-ethyl adjacent to an activating group) is 1. The third kappa shape index (κ3) is 4.04. The van der Waals surface area contributed by atoms with Gasteiger partial charge in [-0.25, -0.2) is 10.3 Å². The first-order valence-electron chi connectivity index (χ1n) is 8.93. The van der Waals surface area contributed by atoms with Crippen molar-refractivity contribution in [2.45, 2.75) is 63.8 Å². The van der Waals surface area contributed by atoms with Crippen molar-refractivity contribution in [1.29, 1.82) is 0 Å². The van der Waals surface area contributed by atoms with Gasteiger partial charge < -0.3 is 10.2 Å². The zero-order valence-electron chi connectivity index (χ0n) is 15.5. The maximum absolute atomic E-state index is 12.7. The van der Waals surface area contributed by atoms with Crippen LogP contribution in [0.1, 0.15) is 39.5 Å². The Morgan fingerprint density at radius 2 is 2.04 bits per heavy atom. The van der Waals surface area contributed by atoms with E-state index in [1.165, 1.54) is 4.90 Å². The molecule has 2 saturated heterocycles. The zero-order chi connectivity index (χ0) is 20.0. The molecule has 3 aliphatic rings. The topological polar surface area (TPSA) is 138 Å². The molecule has 2 unspecified atom stereocenters. The van der Waals surface area contributed by atoms with Crippen molar-refractivity contribution >= 4 is 22.3 Å². The van der Waals surface area contributed by atoms with E-state index < -0.39 is 39.8 Å². The quantitative estimate of drug-likeness (QED) is 0.408. The van der Waals surface area contributed by atoms with Crippen LogP contribution in [0, 0.1) is 5.41 Å². The molecule has 3 rings (SSSR count). The van der Waals surface area contributed by atoms with Gasteiger partial charge in [0.1, 0.15) is 12.1 Å². The summed E-state index contributed by atoms with van der Waals surface area (Å²) in [5.41, 5.74) is 1.85. The van der Waals surface area contributed by atoms with Gasteiger partial charge >= 0.3 is 16.4 Å². The number of carbonyl (C=O) groups excluding carboxylic acids is 2. The van der Waals surface area contributed by atoms with Gasteiger partial charge in [0, 0.05) is 12.6 Å². The van der Waals surface area contributed by atoms with Crippen molar-refractivity contribution < 1.29 is 31.7 Å². The molecular formula is C15H26N4O7S. The predicted octanol–water partition coefficient (Wildman–Crippen LogP) is -0.186. The molecule has 3 fully saturated rings. The van der Waals surface area contributed by atoms with Gasteiger partial charge in [-0.15, -0.1) is 4.28 Å². The van der Waals surface area contributed by atoms with Crippen molar-refractivity contribution in [2.24, 2.45) is 5.41 Å². The van der Waals surface area contributed by atoms with Crippen molar-refractivity contribution in [3.05, 3.63) is 0 Å². The number of fused-ring (bicyclic) bond motifs is 2. The predicted molar refractivity (Wildman–Crippen MR) is 92.3 cm³/mol. The van der Waals surface area contributed by atoms with Crippen molar-refractivity contribution in [1.82, 2.24) is 20.8 Å². The van der Waals surface area contributed by atoms with Crippen LogP contribution in [0.5, 0.6) is 0 Å². The molecule has 154 valence electrons. The summed E-state index contributed by atoms with van der Waals surface area (Å²) in [7, 11) is -3.01. The summed E-state index contributed by atoms with van der Waals surface area (Å²) in [5.74, 6) is -0.467. The number of rotatable bonds is 6. The van der Waals surface area contributed by atoms with E-state index in [0.717, 1.165) is 19.3 Å². The first-order valence-corrected chi connectivity index (χ1v) is 10.3. The third-order valence-electron chi connectivity index (χ3n) is 5.70. The largest absolute Gasteiger partial charge is 0.418 e. The highest BCUT2D eigenvalue weighted by molar-refractivity contribution is 7.80. The van der Waals surface area contributed by atoms with Crippen LogP contribution in [-0.2, 0) is 24.3 Å². The number of hydrogen-bond donors (Lipinski definition) is 3. The molecular weight excluding hydrogens is 380 g/mol. The van der Waals surface area contributed by atoms with E-state index in [4.69, 9.17) is 9.39 Å². The summed E-state index contributed by atoms with van der Waals surface area (Å²) in [6.45, 7) is 3.73. The van der Waals surface area contributed by atoms with Crippen molar-refractivity contribution in [3.63, 3.8) is 0 Å². The van der Waals surface area contributed by atoms with E-state index in [9.17, 15) is 18.0 Å². The summed E-state index contributed by atoms with van der Waals surface area (Å²) in [6, 6.07) is -2.06. The SMILES string of the molecule is CNC1CCCC1ONC(=O)[C@@H]1CC(C)(C)[C@@H]2CN1C(=O)N2OS(=O)(=O)O. The minimum Gasteiger partial charge on any atom is -0.314 e. The lowest BCUT2D eigenvalue weighted by molar-refractivity contribution is -0.146. The molecule has 2 bridgehead atoms. The summed E-state index contributed by atoms with van der Waals surface area (Å²) in [4.78, 5) is 32.0. The third-order valence-corrected chi connectivity index (χ3v) is 6.05. The highest BCUT2D eigenvalue weighted by atomic mass is 32.3. The normalized spacial score (nSPS) is 32.8. The maximum Gasteiger partial charge on any atom is 0.418 e. The van der Waals surface area contributed by atoms with Gasteiger partial charge in [0.25, 0.3) is 5.91 Å². The van der Waals surface area contributed by atoms with Gasteiger partial charge in [0.15, 0.2) is 0 Å². The molecule has 27 heavy (non-hydrogen) atoms. The Labute approximate surface area is 158 Å². The first kappa shape index (κ1) is 20.3. The zero-order valence-corrected chi connectivity index (χ0v) is 16.4. The first-order chi connectivity index (χ1) is 12.5. The fourth-order valence-electron chi connectivity index (χ4n) is 4.19. The van der Waals surface area contributed by atoms with Gasteiger partial charge in [-0.05, 0) is 38.1 Å². The summed E-state index contributed by atoms with van der Waals surface area (Å²) >= 11 is 0. The minimum absolute atomic E-state index is 0.113. The van der Waals surface area contributed by atoms with Gasteiger partial charge in [-0.3, -0.25) is 14.2 Å². The van der Waals surface area contributed by atoms with Crippen LogP contribution in [0.25, 0.3) is 0 Å². The molecule has 2 aliphatic heterocycles. The fraction of sp³-hybridized carbons (Fsp3) is 0.867. The smallest absolute Gasteiger partial charge is 0.314 e. The molecule has 0 spiro atoms. The number of nitrogens with zero attached hydrogens (tertiary/aromatic N) is 2. The van der Waals surface area contributed by atoms with E-state index in [-0.39, 0.29) is 18.7 Å². The van der Waals surface area contributed by atoms with Crippen LogP contribution in [0.15, 0.2) is 0 Å². The Morgan fingerprint density at radius 3 is 2.67 bits per heavy atom. The second kappa shape index (κ2) is 7.17. The number of carbonyl (C=O) groups is 2. The Bertz CT molecular complexity index is 713. The molecule has 0 aromatic heterocycles. The van der Waals surface area contributed by atoms with Crippen LogP contribution in [0.4, 0.5) is 4.79 Å². The standard InChI is InChI=1S/C15H26N4O7S/c1-15(2)7-10(13(20)17-25-11-6-4-5-9(11)16-3)18-8-12(15)19(14(18)21)26-27(22,23)24/h9-12,16H,4-8H2,1-3H3,(H,17,20)(H,22,23,24)/t9?,10-,11?,12-/m0/s1. The number of nitrogens with one attached hydrogen (secondary N) is 2. The molecule has 1 saturated carbocycles. The number of amides is 3. The van der Waals surface area contributed by atoms with Crippen molar-refractivity contribution in [3.8, 4) is 0 Å². The Kier molecular flexibility index (Phi) is 5.38. The van der Waals surface area contributed by atoms with E-state index in [0.29, 0.717) is 11.5 Å². The molecule has 0 radical (unpaired) electrons. The molecule has 1 aliphatic carbocycles. The minimum atomic E-state index is -4.85. The summed E-state index contributed by atoms with van der Waals surface area (Å²) in [5, 5.41) is 3.78. The van der Waals surface area contributed by atoms with E-state index in [2.05, 4.69) is 15.1 Å². The van der Waals surface area contributed by atoms with Crippen LogP contribution >= 0.6 is 0 Å². The lowest BCUT2D eigenvalue weighted by atomic mass is 9.76. The number of hydroxylamine groups is 3. The number of piperidine rings is 1. The highest BCUT2D eigenvalue weighted by Gasteiger charge is 2.57. The molecule has 12 heteroatoms. The molecule has 11 nitrogen and oxygen atoms in total. The highest BCUT2D eigenvalue weighted by Crippen LogP contribution is 2.42. The van der Waals surface area contributed by atoms with Crippen molar-refractivity contribution in [2.75, 3.05) is 13.6 Å². The molecule has 0 aromatic rings. The Hall–Kier alpha value is -1.47. The molecule has 3 amide bonds. The number of urea groups is 1.